The first-order chi connectivity index (χ1) is 8.27. The number of imidazole rings is 1. The van der Waals surface area contributed by atoms with E-state index in [-0.39, 0.29) is 0 Å². The van der Waals surface area contributed by atoms with E-state index in [0.29, 0.717) is 0 Å². The molecule has 2 aromatic rings. The molecule has 0 saturated carbocycles. The predicted octanol–water partition coefficient (Wildman–Crippen LogP) is 3.96. The lowest BCUT2D eigenvalue weighted by Crippen LogP contribution is -2.10. The Hall–Kier alpha value is -1.09. The normalized spacial score (nSPS) is 14.7. The largest absolute Gasteiger partial charge is 0.322 e. The fourth-order valence-corrected chi connectivity index (χ4v) is 3.12. The first-order valence-corrected chi connectivity index (χ1v) is 6.87. The maximum Gasteiger partial charge on any atom is 0.177 e. The minimum Gasteiger partial charge on any atom is -0.322 e. The number of aromatic nitrogens is 2. The maximum atomic E-state index is 4.70. The Labute approximate surface area is 110 Å². The van der Waals surface area contributed by atoms with Gasteiger partial charge in [-0.3, -0.25) is 0 Å². The molecular formula is C14H15BrN2. The Morgan fingerprint density at radius 1 is 1.24 bits per heavy atom. The molecule has 17 heavy (non-hydrogen) atoms. The highest BCUT2D eigenvalue weighted by molar-refractivity contribution is 9.10. The number of hydrogen-bond donors (Lipinski definition) is 0. The third-order valence-electron chi connectivity index (χ3n) is 3.47. The van der Waals surface area contributed by atoms with Crippen molar-refractivity contribution in [1.82, 2.24) is 9.55 Å². The molecule has 2 nitrogen and oxygen atoms in total. The van der Waals surface area contributed by atoms with Crippen molar-refractivity contribution in [3.63, 3.8) is 0 Å². The number of hydrogen-bond acceptors (Lipinski definition) is 1. The summed E-state index contributed by atoms with van der Waals surface area (Å²) in [7, 11) is 0. The third kappa shape index (κ3) is 1.82. The summed E-state index contributed by atoms with van der Waals surface area (Å²) >= 11 is 3.58. The van der Waals surface area contributed by atoms with E-state index in [4.69, 9.17) is 4.98 Å². The average molecular weight is 291 g/mol. The molecule has 1 aromatic carbocycles. The molecule has 0 aliphatic carbocycles. The van der Waals surface area contributed by atoms with E-state index in [2.05, 4.69) is 51.7 Å². The Morgan fingerprint density at radius 2 is 2.06 bits per heavy atom. The van der Waals surface area contributed by atoms with E-state index >= 15 is 0 Å². The van der Waals surface area contributed by atoms with Crippen LogP contribution in [0.4, 0.5) is 0 Å². The third-order valence-corrected chi connectivity index (χ3v) is 4.08. The summed E-state index contributed by atoms with van der Waals surface area (Å²) in [4.78, 5) is 4.70. The number of aryl methyl sites for hydroxylation is 1. The second-order valence-corrected chi connectivity index (χ2v) is 5.31. The highest BCUT2D eigenvalue weighted by Gasteiger charge is 2.20. The van der Waals surface area contributed by atoms with Crippen molar-refractivity contribution in [2.45, 2.75) is 32.7 Å². The minimum atomic E-state index is 0.977. The summed E-state index contributed by atoms with van der Waals surface area (Å²) in [6.45, 7) is 3.24. The summed E-state index contributed by atoms with van der Waals surface area (Å²) in [5.74, 6) is 0. The van der Waals surface area contributed by atoms with Crippen LogP contribution in [0.1, 0.15) is 24.1 Å². The molecule has 0 atom stereocenters. The second-order valence-electron chi connectivity index (χ2n) is 4.60. The van der Waals surface area contributed by atoms with E-state index in [9.17, 15) is 0 Å². The highest BCUT2D eigenvalue weighted by Crippen LogP contribution is 2.32. The fourth-order valence-electron chi connectivity index (χ4n) is 2.55. The molecule has 3 rings (SSSR count). The standard InChI is InChI=1S/C14H15BrN2/c1-10-6-2-3-7-11(10)13-12-8-4-5-9-17(12)14(15)16-13/h2-3,6-7H,4-5,8-9H2,1H3. The molecule has 0 bridgehead atoms. The highest BCUT2D eigenvalue weighted by atomic mass is 79.9. The van der Waals surface area contributed by atoms with Gasteiger partial charge in [-0.2, -0.15) is 0 Å². The van der Waals surface area contributed by atoms with Crippen molar-refractivity contribution in [3.8, 4) is 11.3 Å². The molecule has 0 saturated heterocycles. The summed E-state index contributed by atoms with van der Waals surface area (Å²) in [6.07, 6.45) is 3.68. The molecule has 2 heterocycles. The smallest absolute Gasteiger partial charge is 0.177 e. The monoisotopic (exact) mass is 290 g/mol. The van der Waals surface area contributed by atoms with Crippen molar-refractivity contribution in [2.24, 2.45) is 0 Å². The lowest BCUT2D eigenvalue weighted by Gasteiger charge is -2.16. The van der Waals surface area contributed by atoms with E-state index in [0.717, 1.165) is 23.4 Å². The fraction of sp³-hybridized carbons (Fsp3) is 0.357. The van der Waals surface area contributed by atoms with Gasteiger partial charge in [0.25, 0.3) is 0 Å². The van der Waals surface area contributed by atoms with Crippen molar-refractivity contribution >= 4 is 15.9 Å². The van der Waals surface area contributed by atoms with Gasteiger partial charge in [-0.05, 0) is 47.7 Å². The summed E-state index contributed by atoms with van der Waals surface area (Å²) in [5, 5.41) is 0. The summed E-state index contributed by atoms with van der Waals surface area (Å²) in [6, 6.07) is 8.48. The van der Waals surface area contributed by atoms with Gasteiger partial charge in [-0.1, -0.05) is 24.3 Å². The first kappa shape index (κ1) is 11.0. The van der Waals surface area contributed by atoms with E-state index in [1.165, 1.54) is 29.7 Å². The SMILES string of the molecule is Cc1ccccc1-c1nc(Br)n2c1CCCC2. The van der Waals surface area contributed by atoms with Gasteiger partial charge >= 0.3 is 0 Å². The van der Waals surface area contributed by atoms with Gasteiger partial charge < -0.3 is 4.57 Å². The van der Waals surface area contributed by atoms with Crippen LogP contribution in [-0.4, -0.2) is 9.55 Å². The molecule has 1 aliphatic heterocycles. The molecule has 88 valence electrons. The Morgan fingerprint density at radius 3 is 2.88 bits per heavy atom. The van der Waals surface area contributed by atoms with Crippen LogP contribution in [0.5, 0.6) is 0 Å². The molecule has 1 aliphatic rings. The zero-order valence-corrected chi connectivity index (χ0v) is 11.5. The number of halogens is 1. The second kappa shape index (κ2) is 4.30. The lowest BCUT2D eigenvalue weighted by molar-refractivity contribution is 0.525. The molecule has 0 radical (unpaired) electrons. The van der Waals surface area contributed by atoms with Gasteiger partial charge in [0.05, 0.1) is 5.69 Å². The Kier molecular flexibility index (Phi) is 2.79. The molecule has 3 heteroatoms. The van der Waals surface area contributed by atoms with E-state index in [1.807, 2.05) is 0 Å². The van der Waals surface area contributed by atoms with Gasteiger partial charge in [0.15, 0.2) is 4.73 Å². The molecular weight excluding hydrogens is 276 g/mol. The van der Waals surface area contributed by atoms with E-state index in [1.54, 1.807) is 0 Å². The number of nitrogens with zero attached hydrogens (tertiary/aromatic N) is 2. The molecule has 1 aromatic heterocycles. The number of benzene rings is 1. The van der Waals surface area contributed by atoms with E-state index < -0.39 is 0 Å². The average Bonchev–Trinajstić information content (AvgIpc) is 2.68. The van der Waals surface area contributed by atoms with Crippen LogP contribution in [-0.2, 0) is 13.0 Å². The molecule has 0 spiro atoms. The zero-order valence-electron chi connectivity index (χ0n) is 9.91. The molecule has 0 amide bonds. The van der Waals surface area contributed by atoms with Gasteiger partial charge in [0.2, 0.25) is 0 Å². The van der Waals surface area contributed by atoms with Crippen LogP contribution in [0.3, 0.4) is 0 Å². The van der Waals surface area contributed by atoms with Gasteiger partial charge in [-0.25, -0.2) is 4.98 Å². The van der Waals surface area contributed by atoms with Gasteiger partial charge in [0.1, 0.15) is 0 Å². The van der Waals surface area contributed by atoms with Crippen LogP contribution in [0, 0.1) is 6.92 Å². The quantitative estimate of drug-likeness (QED) is 0.777. The van der Waals surface area contributed by atoms with Crippen LogP contribution >= 0.6 is 15.9 Å². The van der Waals surface area contributed by atoms with Crippen molar-refractivity contribution in [2.75, 3.05) is 0 Å². The van der Waals surface area contributed by atoms with Gasteiger partial charge in [-0.15, -0.1) is 0 Å². The van der Waals surface area contributed by atoms with Crippen molar-refractivity contribution in [3.05, 3.63) is 40.3 Å². The van der Waals surface area contributed by atoms with Crippen LogP contribution in [0.2, 0.25) is 0 Å². The van der Waals surface area contributed by atoms with Crippen LogP contribution in [0.25, 0.3) is 11.3 Å². The molecule has 0 unspecified atom stereocenters. The number of rotatable bonds is 1. The maximum absolute atomic E-state index is 4.70. The topological polar surface area (TPSA) is 17.8 Å². The Bertz CT molecular complexity index is 557. The molecule has 0 fully saturated rings. The van der Waals surface area contributed by atoms with Crippen molar-refractivity contribution in [1.29, 1.82) is 0 Å². The number of fused-ring (bicyclic) bond motifs is 1. The first-order valence-electron chi connectivity index (χ1n) is 6.08. The lowest BCUT2D eigenvalue weighted by atomic mass is 10.0. The summed E-state index contributed by atoms with van der Waals surface area (Å²) < 4.78 is 3.29. The van der Waals surface area contributed by atoms with Crippen LogP contribution < -0.4 is 0 Å². The summed E-state index contributed by atoms with van der Waals surface area (Å²) in [5.41, 5.74) is 5.11. The van der Waals surface area contributed by atoms with Crippen molar-refractivity contribution < 1.29 is 0 Å². The zero-order chi connectivity index (χ0) is 11.8. The molecule has 0 N–H and O–H groups in total. The van der Waals surface area contributed by atoms with Crippen LogP contribution in [0.15, 0.2) is 29.0 Å². The minimum absolute atomic E-state index is 0.977. The van der Waals surface area contributed by atoms with Gasteiger partial charge in [0, 0.05) is 17.8 Å². The Balaban J connectivity index is 2.19. The predicted molar refractivity (Wildman–Crippen MR) is 73.0 cm³/mol.